The van der Waals surface area contributed by atoms with Gasteiger partial charge in [0, 0.05) is 5.56 Å². The van der Waals surface area contributed by atoms with E-state index in [1.54, 1.807) is 25.5 Å². The maximum absolute atomic E-state index is 12.2. The summed E-state index contributed by atoms with van der Waals surface area (Å²) in [7, 11) is 1.56. The van der Waals surface area contributed by atoms with Gasteiger partial charge < -0.3 is 14.2 Å². The Morgan fingerprint density at radius 3 is 2.59 bits per heavy atom. The summed E-state index contributed by atoms with van der Waals surface area (Å²) in [6.07, 6.45) is 5.78. The number of carbonyl (C=O) groups is 1. The van der Waals surface area contributed by atoms with Crippen LogP contribution in [0.25, 0.3) is 10.8 Å². The molecule has 3 rings (SSSR count). The van der Waals surface area contributed by atoms with Crippen LogP contribution < -0.4 is 19.6 Å². The molecule has 1 amide bonds. The minimum Gasteiger partial charge on any atom is -0.493 e. The molecule has 6 heteroatoms. The SMILES string of the molecule is C=CCOc1ccc2ccccc2c1/C=N\NC(=O)COc1ccc(CC=C)cc1OC. The molecule has 32 heavy (non-hydrogen) atoms. The largest absolute Gasteiger partial charge is 0.493 e. The Hall–Kier alpha value is -4.06. The molecule has 0 atom stereocenters. The van der Waals surface area contributed by atoms with Crippen LogP contribution in [0.1, 0.15) is 11.1 Å². The maximum atomic E-state index is 12.2. The van der Waals surface area contributed by atoms with Crippen molar-refractivity contribution in [2.24, 2.45) is 5.10 Å². The highest BCUT2D eigenvalue weighted by atomic mass is 16.5. The Bertz CT molecular complexity index is 1140. The van der Waals surface area contributed by atoms with Gasteiger partial charge in [-0.1, -0.05) is 55.1 Å². The molecule has 0 radical (unpaired) electrons. The highest BCUT2D eigenvalue weighted by molar-refractivity contribution is 6.02. The van der Waals surface area contributed by atoms with Crippen molar-refractivity contribution in [2.75, 3.05) is 20.3 Å². The summed E-state index contributed by atoms with van der Waals surface area (Å²) >= 11 is 0. The number of allylic oxidation sites excluding steroid dienone is 1. The molecule has 3 aromatic carbocycles. The number of nitrogens with zero attached hydrogens (tertiary/aromatic N) is 1. The van der Waals surface area contributed by atoms with E-state index < -0.39 is 5.91 Å². The summed E-state index contributed by atoms with van der Waals surface area (Å²) in [5.74, 6) is 1.29. The van der Waals surface area contributed by atoms with Gasteiger partial charge in [0.2, 0.25) is 0 Å². The Kier molecular flexibility index (Phi) is 8.03. The molecular weight excluding hydrogens is 404 g/mol. The van der Waals surface area contributed by atoms with Crippen LogP contribution >= 0.6 is 0 Å². The van der Waals surface area contributed by atoms with Gasteiger partial charge in [-0.15, -0.1) is 6.58 Å². The average molecular weight is 431 g/mol. The van der Waals surface area contributed by atoms with Crippen LogP contribution in [0.15, 0.2) is 85.0 Å². The van der Waals surface area contributed by atoms with Crippen molar-refractivity contribution in [3.63, 3.8) is 0 Å². The summed E-state index contributed by atoms with van der Waals surface area (Å²) in [6, 6.07) is 17.3. The smallest absolute Gasteiger partial charge is 0.277 e. The molecule has 3 aromatic rings. The monoisotopic (exact) mass is 430 g/mol. The molecule has 0 heterocycles. The van der Waals surface area contributed by atoms with Crippen molar-refractivity contribution in [2.45, 2.75) is 6.42 Å². The number of benzene rings is 3. The summed E-state index contributed by atoms with van der Waals surface area (Å²) in [5, 5.41) is 6.11. The van der Waals surface area contributed by atoms with E-state index in [2.05, 4.69) is 23.7 Å². The first kappa shape index (κ1) is 22.6. The van der Waals surface area contributed by atoms with Gasteiger partial charge in [-0.3, -0.25) is 4.79 Å². The molecule has 0 aliphatic rings. The van der Waals surface area contributed by atoms with Crippen LogP contribution in [-0.2, 0) is 11.2 Å². The molecule has 0 aliphatic heterocycles. The molecule has 0 saturated heterocycles. The van der Waals surface area contributed by atoms with E-state index in [0.717, 1.165) is 28.3 Å². The number of carbonyl (C=O) groups excluding carboxylic acids is 1. The third-order valence-electron chi connectivity index (χ3n) is 4.64. The average Bonchev–Trinajstić information content (AvgIpc) is 2.82. The number of hydrogen-bond acceptors (Lipinski definition) is 5. The van der Waals surface area contributed by atoms with Gasteiger partial charge in [0.05, 0.1) is 13.3 Å². The van der Waals surface area contributed by atoms with Crippen LogP contribution in [0.4, 0.5) is 0 Å². The number of methoxy groups -OCH3 is 1. The first-order valence-electron chi connectivity index (χ1n) is 10.1. The zero-order valence-corrected chi connectivity index (χ0v) is 18.0. The fourth-order valence-corrected chi connectivity index (χ4v) is 3.15. The third-order valence-corrected chi connectivity index (χ3v) is 4.64. The number of hydrogen-bond donors (Lipinski definition) is 1. The van der Waals surface area contributed by atoms with E-state index in [1.807, 2.05) is 54.6 Å². The van der Waals surface area contributed by atoms with Crippen molar-refractivity contribution in [1.29, 1.82) is 0 Å². The lowest BCUT2D eigenvalue weighted by atomic mass is 10.0. The highest BCUT2D eigenvalue weighted by Crippen LogP contribution is 2.28. The summed E-state index contributed by atoms with van der Waals surface area (Å²) in [4.78, 5) is 12.2. The van der Waals surface area contributed by atoms with Gasteiger partial charge in [-0.2, -0.15) is 5.10 Å². The summed E-state index contributed by atoms with van der Waals surface area (Å²) in [6.45, 7) is 7.58. The van der Waals surface area contributed by atoms with Crippen LogP contribution in [0.3, 0.4) is 0 Å². The van der Waals surface area contributed by atoms with E-state index in [0.29, 0.717) is 23.9 Å². The number of hydrazone groups is 1. The fourth-order valence-electron chi connectivity index (χ4n) is 3.15. The maximum Gasteiger partial charge on any atom is 0.277 e. The Morgan fingerprint density at radius 2 is 1.81 bits per heavy atom. The van der Waals surface area contributed by atoms with Crippen molar-refractivity contribution < 1.29 is 19.0 Å². The predicted molar refractivity (Wildman–Crippen MR) is 128 cm³/mol. The topological polar surface area (TPSA) is 69.2 Å². The number of ether oxygens (including phenoxy) is 3. The molecule has 164 valence electrons. The summed E-state index contributed by atoms with van der Waals surface area (Å²) in [5.41, 5.74) is 4.31. The second-order valence-electron chi connectivity index (χ2n) is 6.86. The molecule has 6 nitrogen and oxygen atoms in total. The molecule has 1 N–H and O–H groups in total. The lowest BCUT2D eigenvalue weighted by Crippen LogP contribution is -2.24. The normalized spacial score (nSPS) is 10.7. The minimum absolute atomic E-state index is 0.205. The number of amides is 1. The van der Waals surface area contributed by atoms with Gasteiger partial charge in [0.1, 0.15) is 12.4 Å². The number of rotatable bonds is 11. The van der Waals surface area contributed by atoms with Gasteiger partial charge in [0.15, 0.2) is 18.1 Å². The second kappa shape index (κ2) is 11.4. The first-order chi connectivity index (χ1) is 15.7. The molecule has 0 bridgehead atoms. The Balaban J connectivity index is 1.67. The van der Waals surface area contributed by atoms with Gasteiger partial charge in [0.25, 0.3) is 5.91 Å². The van der Waals surface area contributed by atoms with E-state index in [1.165, 1.54) is 0 Å². The van der Waals surface area contributed by atoms with Crippen LogP contribution in [0, 0.1) is 0 Å². The van der Waals surface area contributed by atoms with Crippen molar-refractivity contribution in [1.82, 2.24) is 5.43 Å². The highest BCUT2D eigenvalue weighted by Gasteiger charge is 2.09. The quantitative estimate of drug-likeness (QED) is 0.273. The zero-order chi connectivity index (χ0) is 22.8. The lowest BCUT2D eigenvalue weighted by molar-refractivity contribution is -0.123. The standard InChI is InChI=1S/C26H26N2O4/c1-4-8-19-11-13-24(25(16-19)30-3)32-18-26(29)28-27-17-22-21-10-7-6-9-20(21)12-14-23(22)31-15-5-2/h4-7,9-14,16-17H,1-2,8,15,18H2,3H3,(H,28,29)/b27-17-. The van der Waals surface area contributed by atoms with Crippen LogP contribution in [0.2, 0.25) is 0 Å². The molecule has 0 unspecified atom stereocenters. The third kappa shape index (κ3) is 5.76. The Morgan fingerprint density at radius 1 is 1.00 bits per heavy atom. The van der Waals surface area contributed by atoms with Crippen molar-refractivity contribution >= 4 is 22.9 Å². The van der Waals surface area contributed by atoms with E-state index in [4.69, 9.17) is 14.2 Å². The van der Waals surface area contributed by atoms with Gasteiger partial charge >= 0.3 is 0 Å². The lowest BCUT2D eigenvalue weighted by Gasteiger charge is -2.11. The van der Waals surface area contributed by atoms with Gasteiger partial charge in [-0.25, -0.2) is 5.43 Å². The molecular formula is C26H26N2O4. The van der Waals surface area contributed by atoms with Crippen molar-refractivity contribution in [3.05, 3.63) is 91.0 Å². The van der Waals surface area contributed by atoms with E-state index >= 15 is 0 Å². The molecule has 0 aliphatic carbocycles. The predicted octanol–water partition coefficient (Wildman–Crippen LogP) is 4.67. The van der Waals surface area contributed by atoms with Gasteiger partial charge in [-0.05, 0) is 41.0 Å². The van der Waals surface area contributed by atoms with E-state index in [-0.39, 0.29) is 6.61 Å². The molecule has 0 aromatic heterocycles. The summed E-state index contributed by atoms with van der Waals surface area (Å²) < 4.78 is 16.7. The Labute approximate surface area is 187 Å². The minimum atomic E-state index is -0.396. The van der Waals surface area contributed by atoms with E-state index in [9.17, 15) is 4.79 Å². The fraction of sp³-hybridized carbons (Fsp3) is 0.154. The van der Waals surface area contributed by atoms with Crippen LogP contribution in [0.5, 0.6) is 17.2 Å². The molecule has 0 spiro atoms. The number of nitrogens with one attached hydrogen (secondary N) is 1. The molecule has 0 fully saturated rings. The zero-order valence-electron chi connectivity index (χ0n) is 18.0. The van der Waals surface area contributed by atoms with Crippen molar-refractivity contribution in [3.8, 4) is 17.2 Å². The first-order valence-corrected chi connectivity index (χ1v) is 10.1. The molecule has 0 saturated carbocycles. The van der Waals surface area contributed by atoms with Crippen LogP contribution in [-0.4, -0.2) is 32.4 Å². The second-order valence-corrected chi connectivity index (χ2v) is 6.86. The number of fused-ring (bicyclic) bond motifs is 1.